The molecule has 3 aromatic carbocycles. The van der Waals surface area contributed by atoms with Crippen LogP contribution >= 0.6 is 0 Å². The Bertz CT molecular complexity index is 1000. The van der Waals surface area contributed by atoms with Gasteiger partial charge >= 0.3 is 5.97 Å². The second-order valence-corrected chi connectivity index (χ2v) is 8.65. The Balaban J connectivity index is 1.22. The van der Waals surface area contributed by atoms with Crippen LogP contribution in [0, 0.1) is 5.92 Å². The van der Waals surface area contributed by atoms with Gasteiger partial charge in [-0.1, -0.05) is 42.5 Å². The van der Waals surface area contributed by atoms with Crippen LogP contribution in [0.15, 0.2) is 78.9 Å². The molecule has 1 fully saturated rings. The fourth-order valence-corrected chi connectivity index (χ4v) is 4.32. The Morgan fingerprint density at radius 2 is 1.62 bits per heavy atom. The van der Waals surface area contributed by atoms with E-state index in [1.807, 2.05) is 54.6 Å². The topological polar surface area (TPSA) is 53.0 Å². The van der Waals surface area contributed by atoms with Crippen molar-refractivity contribution in [3.63, 3.8) is 0 Å². The van der Waals surface area contributed by atoms with Crippen LogP contribution in [0.1, 0.15) is 27.9 Å². The van der Waals surface area contributed by atoms with Crippen molar-refractivity contribution in [2.75, 3.05) is 26.7 Å². The van der Waals surface area contributed by atoms with Crippen molar-refractivity contribution in [2.24, 2.45) is 5.92 Å². The smallest absolute Gasteiger partial charge is 0.335 e. The van der Waals surface area contributed by atoms with E-state index in [2.05, 4.69) is 29.0 Å². The van der Waals surface area contributed by atoms with E-state index in [1.54, 1.807) is 12.1 Å². The van der Waals surface area contributed by atoms with Gasteiger partial charge in [-0.05, 0) is 73.5 Å². The largest absolute Gasteiger partial charge is 0.478 e. The van der Waals surface area contributed by atoms with Crippen molar-refractivity contribution >= 4 is 5.97 Å². The Kier molecular flexibility index (Phi) is 7.20. The second-order valence-electron chi connectivity index (χ2n) is 8.65. The number of nitrogens with zero attached hydrogens (tertiary/aromatic N) is 2. The predicted octanol–water partition coefficient (Wildman–Crippen LogP) is 5.13. The maximum Gasteiger partial charge on any atom is 0.335 e. The van der Waals surface area contributed by atoms with Gasteiger partial charge in [0.1, 0.15) is 11.5 Å². The highest BCUT2D eigenvalue weighted by molar-refractivity contribution is 5.87. The van der Waals surface area contributed by atoms with E-state index in [1.165, 1.54) is 12.0 Å². The molecule has 0 bridgehead atoms. The average molecular weight is 431 g/mol. The number of carboxylic acid groups (broad SMARTS) is 1. The highest BCUT2D eigenvalue weighted by Gasteiger charge is 2.23. The first-order valence-electron chi connectivity index (χ1n) is 11.1. The lowest BCUT2D eigenvalue weighted by molar-refractivity contribution is 0.0697. The summed E-state index contributed by atoms with van der Waals surface area (Å²) in [6, 6.07) is 25.4. The van der Waals surface area contributed by atoms with E-state index in [4.69, 9.17) is 9.84 Å². The number of hydrogen-bond donors (Lipinski definition) is 1. The van der Waals surface area contributed by atoms with E-state index in [9.17, 15) is 4.79 Å². The van der Waals surface area contributed by atoms with Crippen LogP contribution in [0.3, 0.4) is 0 Å². The van der Waals surface area contributed by atoms with Gasteiger partial charge in [0.05, 0.1) is 5.56 Å². The summed E-state index contributed by atoms with van der Waals surface area (Å²) < 4.78 is 5.88. The molecular weight excluding hydrogens is 400 g/mol. The van der Waals surface area contributed by atoms with Gasteiger partial charge in [0.15, 0.2) is 0 Å². The van der Waals surface area contributed by atoms with E-state index in [0.717, 1.165) is 49.8 Å². The number of para-hydroxylation sites is 1. The molecule has 0 aromatic heterocycles. The maximum absolute atomic E-state index is 11.0. The van der Waals surface area contributed by atoms with Gasteiger partial charge < -0.3 is 14.7 Å². The lowest BCUT2D eigenvalue weighted by atomic mass is 10.1. The number of carboxylic acids is 1. The Labute approximate surface area is 189 Å². The summed E-state index contributed by atoms with van der Waals surface area (Å²) in [7, 11) is 2.14. The van der Waals surface area contributed by atoms with Gasteiger partial charge in [-0.3, -0.25) is 4.90 Å². The summed E-state index contributed by atoms with van der Waals surface area (Å²) in [5.74, 6) is 1.48. The second kappa shape index (κ2) is 10.4. The van der Waals surface area contributed by atoms with Gasteiger partial charge in [0.2, 0.25) is 0 Å². The number of carbonyl (C=O) groups is 1. The molecule has 0 spiro atoms. The number of aromatic carboxylic acids is 1. The molecule has 1 N–H and O–H groups in total. The van der Waals surface area contributed by atoms with Crippen molar-refractivity contribution in [3.8, 4) is 11.5 Å². The highest BCUT2D eigenvalue weighted by atomic mass is 16.5. The SMILES string of the molecule is CN(Cc1ccc(C(=O)O)cc1)C[C@@H]1CCN(Cc2ccc(Oc3ccccc3)cc2)C1. The van der Waals surface area contributed by atoms with Gasteiger partial charge in [-0.15, -0.1) is 0 Å². The molecule has 0 amide bonds. The van der Waals surface area contributed by atoms with Crippen molar-refractivity contribution in [2.45, 2.75) is 19.5 Å². The molecule has 5 heteroatoms. The molecule has 1 atom stereocenters. The molecule has 5 nitrogen and oxygen atoms in total. The third-order valence-electron chi connectivity index (χ3n) is 5.90. The Hall–Kier alpha value is -3.15. The quantitative estimate of drug-likeness (QED) is 0.510. The number of hydrogen-bond acceptors (Lipinski definition) is 4. The molecule has 166 valence electrons. The van der Waals surface area contributed by atoms with Gasteiger partial charge in [-0.25, -0.2) is 4.79 Å². The zero-order valence-corrected chi connectivity index (χ0v) is 18.5. The van der Waals surface area contributed by atoms with Crippen LogP contribution in [0.5, 0.6) is 11.5 Å². The van der Waals surface area contributed by atoms with Crippen LogP contribution in [0.25, 0.3) is 0 Å². The zero-order chi connectivity index (χ0) is 22.3. The molecule has 1 heterocycles. The number of ether oxygens (including phenoxy) is 1. The van der Waals surface area contributed by atoms with Gasteiger partial charge in [0, 0.05) is 26.2 Å². The third kappa shape index (κ3) is 6.19. The number of benzene rings is 3. The van der Waals surface area contributed by atoms with Crippen LogP contribution < -0.4 is 4.74 Å². The van der Waals surface area contributed by atoms with Crippen LogP contribution in [0.4, 0.5) is 0 Å². The first kappa shape index (κ1) is 22.1. The summed E-state index contributed by atoms with van der Waals surface area (Å²) in [5.41, 5.74) is 2.78. The minimum atomic E-state index is -0.880. The lowest BCUT2D eigenvalue weighted by Crippen LogP contribution is -2.28. The average Bonchev–Trinajstić information content (AvgIpc) is 3.22. The van der Waals surface area contributed by atoms with Crippen LogP contribution in [-0.4, -0.2) is 47.6 Å². The Morgan fingerprint density at radius 1 is 0.969 bits per heavy atom. The van der Waals surface area contributed by atoms with E-state index in [-0.39, 0.29) is 0 Å². The van der Waals surface area contributed by atoms with Crippen LogP contribution in [-0.2, 0) is 13.1 Å². The first-order chi connectivity index (χ1) is 15.5. The normalized spacial score (nSPS) is 16.4. The standard InChI is InChI=1S/C27H30N2O3/c1-28(17-21-7-11-24(12-8-21)27(30)31)18-23-15-16-29(20-23)19-22-9-13-26(14-10-22)32-25-5-3-2-4-6-25/h2-14,23H,15-20H2,1H3,(H,30,31)/t23-/m0/s1. The molecule has 1 aliphatic rings. The molecule has 0 aliphatic carbocycles. The molecule has 4 rings (SSSR count). The predicted molar refractivity (Wildman–Crippen MR) is 126 cm³/mol. The van der Waals surface area contributed by atoms with Gasteiger partial charge in [0.25, 0.3) is 0 Å². The van der Waals surface area contributed by atoms with Crippen molar-refractivity contribution in [3.05, 3.63) is 95.6 Å². The highest BCUT2D eigenvalue weighted by Crippen LogP contribution is 2.24. The van der Waals surface area contributed by atoms with E-state index >= 15 is 0 Å². The Morgan fingerprint density at radius 3 is 2.31 bits per heavy atom. The van der Waals surface area contributed by atoms with Crippen molar-refractivity contribution < 1.29 is 14.6 Å². The fraction of sp³-hybridized carbons (Fsp3) is 0.296. The third-order valence-corrected chi connectivity index (χ3v) is 5.90. The maximum atomic E-state index is 11.0. The van der Waals surface area contributed by atoms with E-state index in [0.29, 0.717) is 11.5 Å². The molecule has 32 heavy (non-hydrogen) atoms. The molecule has 1 saturated heterocycles. The molecule has 3 aromatic rings. The minimum Gasteiger partial charge on any atom is -0.478 e. The van der Waals surface area contributed by atoms with Crippen molar-refractivity contribution in [1.82, 2.24) is 9.80 Å². The molecule has 0 unspecified atom stereocenters. The lowest BCUT2D eigenvalue weighted by Gasteiger charge is -2.22. The summed E-state index contributed by atoms with van der Waals surface area (Å²) in [6.07, 6.45) is 1.21. The van der Waals surface area contributed by atoms with Gasteiger partial charge in [-0.2, -0.15) is 0 Å². The van der Waals surface area contributed by atoms with E-state index < -0.39 is 5.97 Å². The monoisotopic (exact) mass is 430 g/mol. The number of rotatable bonds is 9. The number of likely N-dealkylation sites (tertiary alicyclic amines) is 1. The molecule has 1 aliphatic heterocycles. The summed E-state index contributed by atoms with van der Waals surface area (Å²) in [6.45, 7) is 5.06. The molecule has 0 radical (unpaired) electrons. The van der Waals surface area contributed by atoms with Crippen molar-refractivity contribution in [1.29, 1.82) is 0 Å². The minimum absolute atomic E-state index is 0.336. The summed E-state index contributed by atoms with van der Waals surface area (Å²) in [4.78, 5) is 15.9. The van der Waals surface area contributed by atoms with Crippen LogP contribution in [0.2, 0.25) is 0 Å². The fourth-order valence-electron chi connectivity index (χ4n) is 4.32. The zero-order valence-electron chi connectivity index (χ0n) is 18.5. The first-order valence-corrected chi connectivity index (χ1v) is 11.1. The summed E-state index contributed by atoms with van der Waals surface area (Å²) >= 11 is 0. The molecule has 0 saturated carbocycles. The summed E-state index contributed by atoms with van der Waals surface area (Å²) in [5, 5.41) is 9.03. The molecular formula is C27H30N2O3.